The predicted octanol–water partition coefficient (Wildman–Crippen LogP) is 3.29. The van der Waals surface area contributed by atoms with Gasteiger partial charge in [-0.1, -0.05) is 12.1 Å². The van der Waals surface area contributed by atoms with Crippen molar-refractivity contribution in [2.45, 2.75) is 39.8 Å². The molecule has 0 radical (unpaired) electrons. The van der Waals surface area contributed by atoms with Gasteiger partial charge >= 0.3 is 0 Å². The van der Waals surface area contributed by atoms with Gasteiger partial charge in [-0.15, -0.1) is 0 Å². The van der Waals surface area contributed by atoms with Crippen LogP contribution in [-0.4, -0.2) is 11.3 Å². The van der Waals surface area contributed by atoms with Crippen molar-refractivity contribution in [2.75, 3.05) is 0 Å². The third-order valence-electron chi connectivity index (χ3n) is 3.24. The molecule has 0 fully saturated rings. The van der Waals surface area contributed by atoms with Gasteiger partial charge in [0.15, 0.2) is 5.76 Å². The van der Waals surface area contributed by atoms with E-state index in [0.717, 1.165) is 34.8 Å². The molecule has 102 valence electrons. The van der Waals surface area contributed by atoms with E-state index in [1.165, 1.54) is 0 Å². The zero-order chi connectivity index (χ0) is 13.8. The number of nitrogens with zero attached hydrogens (tertiary/aromatic N) is 1. The molecular formula is C15H20N2O2. The monoisotopic (exact) mass is 260 g/mol. The number of hydrogen-bond acceptors (Lipinski definition) is 4. The minimum atomic E-state index is 0.224. The second-order valence-electron chi connectivity index (χ2n) is 4.65. The maximum absolute atomic E-state index is 5.74. The lowest BCUT2D eigenvalue weighted by Gasteiger charge is -2.12. The molecule has 1 atom stereocenters. The van der Waals surface area contributed by atoms with Gasteiger partial charge in [0.1, 0.15) is 11.4 Å². The summed E-state index contributed by atoms with van der Waals surface area (Å²) in [6.45, 7) is 6.52. The quantitative estimate of drug-likeness (QED) is 0.896. The third-order valence-corrected chi connectivity index (χ3v) is 3.24. The van der Waals surface area contributed by atoms with Gasteiger partial charge in [-0.05, 0) is 44.5 Å². The van der Waals surface area contributed by atoms with Crippen LogP contribution in [0.3, 0.4) is 0 Å². The molecule has 4 heteroatoms. The first-order valence-corrected chi connectivity index (χ1v) is 6.58. The molecule has 0 bridgehead atoms. The maximum Gasteiger partial charge on any atom is 0.170 e. The smallest absolute Gasteiger partial charge is 0.170 e. The average Bonchev–Trinajstić information content (AvgIpc) is 2.80. The summed E-state index contributed by atoms with van der Waals surface area (Å²) in [7, 11) is 0. The van der Waals surface area contributed by atoms with Crippen LogP contribution in [0, 0.1) is 6.92 Å². The van der Waals surface area contributed by atoms with Crippen LogP contribution in [0.5, 0.6) is 5.75 Å². The molecule has 0 aliphatic rings. The Labute approximate surface area is 113 Å². The first kappa shape index (κ1) is 13.6. The van der Waals surface area contributed by atoms with Crippen LogP contribution in [0.15, 0.2) is 28.8 Å². The van der Waals surface area contributed by atoms with Crippen LogP contribution in [0.4, 0.5) is 0 Å². The fraction of sp³-hybridized carbons (Fsp3) is 0.400. The molecule has 2 rings (SSSR count). The maximum atomic E-state index is 5.74. The van der Waals surface area contributed by atoms with Crippen LogP contribution in [0.25, 0.3) is 11.3 Å². The van der Waals surface area contributed by atoms with Crippen LogP contribution in [-0.2, 0) is 6.54 Å². The van der Waals surface area contributed by atoms with Crippen molar-refractivity contribution >= 4 is 0 Å². The molecule has 0 aliphatic heterocycles. The summed E-state index contributed by atoms with van der Waals surface area (Å²) < 4.78 is 11.1. The first-order valence-electron chi connectivity index (χ1n) is 6.58. The van der Waals surface area contributed by atoms with Crippen LogP contribution in [0.1, 0.15) is 31.5 Å². The largest absolute Gasteiger partial charge is 0.491 e. The zero-order valence-corrected chi connectivity index (χ0v) is 11.6. The molecule has 0 spiro atoms. The molecule has 2 aromatic rings. The predicted molar refractivity (Wildman–Crippen MR) is 74.9 cm³/mol. The Balaban J connectivity index is 2.20. The number of rotatable bonds is 5. The second kappa shape index (κ2) is 5.89. The third kappa shape index (κ3) is 2.96. The first-order chi connectivity index (χ1) is 9.15. The Morgan fingerprint density at radius 1 is 1.32 bits per heavy atom. The molecule has 4 nitrogen and oxygen atoms in total. The van der Waals surface area contributed by atoms with Crippen LogP contribution >= 0.6 is 0 Å². The summed E-state index contributed by atoms with van der Waals surface area (Å²) in [5.74, 6) is 1.64. The minimum absolute atomic E-state index is 0.224. The van der Waals surface area contributed by atoms with E-state index in [-0.39, 0.29) is 6.10 Å². The standard InChI is InChI=1S/C15H20N2O2/c1-4-10(2)18-13-7-5-12(6-8-13)15-11(3)14(9-16)17-19-15/h5-8,10H,4,9,16H2,1-3H3. The highest BCUT2D eigenvalue weighted by Crippen LogP contribution is 2.27. The Kier molecular flexibility index (Phi) is 4.22. The lowest BCUT2D eigenvalue weighted by molar-refractivity contribution is 0.217. The van der Waals surface area contributed by atoms with E-state index in [9.17, 15) is 0 Å². The summed E-state index contributed by atoms with van der Waals surface area (Å²) in [6, 6.07) is 7.86. The molecule has 0 amide bonds. The van der Waals surface area contributed by atoms with Crippen molar-refractivity contribution in [1.29, 1.82) is 0 Å². The molecule has 19 heavy (non-hydrogen) atoms. The SMILES string of the molecule is CCC(C)Oc1ccc(-c2onc(CN)c2C)cc1. The van der Waals surface area contributed by atoms with Gasteiger partial charge in [0, 0.05) is 17.7 Å². The van der Waals surface area contributed by atoms with Crippen molar-refractivity contribution in [3.8, 4) is 17.1 Å². The Bertz CT molecular complexity index is 532. The summed E-state index contributed by atoms with van der Waals surface area (Å²) in [5.41, 5.74) is 8.38. The number of aromatic nitrogens is 1. The molecule has 1 unspecified atom stereocenters. The summed E-state index contributed by atoms with van der Waals surface area (Å²) in [6.07, 6.45) is 1.21. The van der Waals surface area contributed by atoms with E-state index in [1.807, 2.05) is 31.2 Å². The lowest BCUT2D eigenvalue weighted by Crippen LogP contribution is -2.09. The molecule has 1 heterocycles. The molecule has 0 aliphatic carbocycles. The normalized spacial score (nSPS) is 12.4. The van der Waals surface area contributed by atoms with Crippen molar-refractivity contribution < 1.29 is 9.26 Å². The molecule has 2 N–H and O–H groups in total. The van der Waals surface area contributed by atoms with Gasteiger partial charge in [0.05, 0.1) is 6.10 Å². The van der Waals surface area contributed by atoms with Gasteiger partial charge in [-0.2, -0.15) is 0 Å². The van der Waals surface area contributed by atoms with E-state index in [1.54, 1.807) is 0 Å². The van der Waals surface area contributed by atoms with Crippen molar-refractivity contribution in [3.63, 3.8) is 0 Å². The van der Waals surface area contributed by atoms with Crippen molar-refractivity contribution in [2.24, 2.45) is 5.73 Å². The molecule has 0 saturated carbocycles. The summed E-state index contributed by atoms with van der Waals surface area (Å²) in [4.78, 5) is 0. The average molecular weight is 260 g/mol. The van der Waals surface area contributed by atoms with E-state index in [0.29, 0.717) is 6.54 Å². The second-order valence-corrected chi connectivity index (χ2v) is 4.65. The van der Waals surface area contributed by atoms with Crippen molar-refractivity contribution in [1.82, 2.24) is 5.16 Å². The van der Waals surface area contributed by atoms with E-state index in [2.05, 4.69) is 19.0 Å². The molecular weight excluding hydrogens is 240 g/mol. The Morgan fingerprint density at radius 2 is 2.00 bits per heavy atom. The van der Waals surface area contributed by atoms with E-state index in [4.69, 9.17) is 15.0 Å². The highest BCUT2D eigenvalue weighted by Gasteiger charge is 2.12. The zero-order valence-electron chi connectivity index (χ0n) is 11.6. The van der Waals surface area contributed by atoms with E-state index >= 15 is 0 Å². The van der Waals surface area contributed by atoms with Gasteiger partial charge in [-0.3, -0.25) is 0 Å². The fourth-order valence-corrected chi connectivity index (χ4v) is 1.83. The number of benzene rings is 1. The number of ether oxygens (including phenoxy) is 1. The van der Waals surface area contributed by atoms with Gasteiger partial charge in [0.2, 0.25) is 0 Å². The Hall–Kier alpha value is -1.81. The Morgan fingerprint density at radius 3 is 2.53 bits per heavy atom. The van der Waals surface area contributed by atoms with Crippen LogP contribution in [0.2, 0.25) is 0 Å². The number of nitrogens with two attached hydrogens (primary N) is 1. The highest BCUT2D eigenvalue weighted by molar-refractivity contribution is 5.62. The lowest BCUT2D eigenvalue weighted by atomic mass is 10.1. The summed E-state index contributed by atoms with van der Waals surface area (Å²) in [5, 5.41) is 3.96. The van der Waals surface area contributed by atoms with Crippen molar-refractivity contribution in [3.05, 3.63) is 35.5 Å². The molecule has 1 aromatic heterocycles. The van der Waals surface area contributed by atoms with Gasteiger partial charge < -0.3 is 15.0 Å². The highest BCUT2D eigenvalue weighted by atomic mass is 16.5. The molecule has 1 aromatic carbocycles. The fourth-order valence-electron chi connectivity index (χ4n) is 1.83. The van der Waals surface area contributed by atoms with Gasteiger partial charge in [-0.25, -0.2) is 0 Å². The van der Waals surface area contributed by atoms with E-state index < -0.39 is 0 Å². The molecule has 0 saturated heterocycles. The topological polar surface area (TPSA) is 61.3 Å². The van der Waals surface area contributed by atoms with Crippen LogP contribution < -0.4 is 10.5 Å². The minimum Gasteiger partial charge on any atom is -0.491 e. The number of hydrogen-bond donors (Lipinski definition) is 1. The summed E-state index contributed by atoms with van der Waals surface area (Å²) >= 11 is 0. The van der Waals surface area contributed by atoms with Gasteiger partial charge in [0.25, 0.3) is 0 Å².